The van der Waals surface area contributed by atoms with E-state index < -0.39 is 12.1 Å². The Kier molecular flexibility index (Phi) is 2.41. The first kappa shape index (κ1) is 11.8. The Hall–Kier alpha value is -2.24. The van der Waals surface area contributed by atoms with E-state index in [0.717, 1.165) is 0 Å². The molecule has 19 heavy (non-hydrogen) atoms. The molecule has 0 fully saturated rings. The highest BCUT2D eigenvalue weighted by Gasteiger charge is 2.37. The van der Waals surface area contributed by atoms with E-state index in [1.807, 2.05) is 0 Å². The Morgan fingerprint density at radius 3 is 2.89 bits per heavy atom. The van der Waals surface area contributed by atoms with Gasteiger partial charge in [0, 0.05) is 25.5 Å². The summed E-state index contributed by atoms with van der Waals surface area (Å²) in [4.78, 5) is 39.2. The van der Waals surface area contributed by atoms with Crippen LogP contribution in [0.2, 0.25) is 0 Å². The lowest BCUT2D eigenvalue weighted by Gasteiger charge is -2.09. The predicted molar refractivity (Wildman–Crippen MR) is 63.8 cm³/mol. The van der Waals surface area contributed by atoms with Crippen LogP contribution in [-0.4, -0.2) is 27.1 Å². The second-order valence-electron chi connectivity index (χ2n) is 4.73. The van der Waals surface area contributed by atoms with E-state index in [9.17, 15) is 14.4 Å². The van der Waals surface area contributed by atoms with E-state index in [1.165, 1.54) is 13.0 Å². The summed E-state index contributed by atoms with van der Waals surface area (Å²) in [6.45, 7) is 3.45. The van der Waals surface area contributed by atoms with E-state index in [-0.39, 0.29) is 17.3 Å². The number of ether oxygens (including phenoxy) is 1. The van der Waals surface area contributed by atoms with Crippen LogP contribution in [0.1, 0.15) is 53.2 Å². The number of hydrogen-bond donors (Lipinski definition) is 0. The zero-order valence-electron chi connectivity index (χ0n) is 10.6. The summed E-state index contributed by atoms with van der Waals surface area (Å²) in [5, 5.41) is 0. The fourth-order valence-electron chi connectivity index (χ4n) is 2.56. The van der Waals surface area contributed by atoms with Gasteiger partial charge in [-0.15, -0.1) is 0 Å². The molecule has 1 aromatic heterocycles. The number of rotatable bonds is 1. The van der Waals surface area contributed by atoms with Crippen LogP contribution < -0.4 is 0 Å². The normalized spacial score (nSPS) is 20.9. The molecule has 1 aliphatic carbocycles. The molecule has 1 aliphatic heterocycles. The maximum atomic E-state index is 12.0. The summed E-state index contributed by atoms with van der Waals surface area (Å²) in [6.07, 6.45) is 1.45. The molecule has 0 spiro atoms. The molecule has 0 saturated heterocycles. The second kappa shape index (κ2) is 3.88. The van der Waals surface area contributed by atoms with E-state index in [4.69, 9.17) is 4.74 Å². The molecule has 0 aromatic carbocycles. The SMILES string of the molecule is CC(=O)OC1CCn2c1nc1c2C(=O)C=C(C)C1=O. The zero-order chi connectivity index (χ0) is 13.7. The number of ketones is 2. The van der Waals surface area contributed by atoms with Crippen LogP contribution in [0.5, 0.6) is 0 Å². The summed E-state index contributed by atoms with van der Waals surface area (Å²) < 4.78 is 6.84. The summed E-state index contributed by atoms with van der Waals surface area (Å²) in [5.74, 6) is -0.358. The number of hydrogen-bond acceptors (Lipinski definition) is 5. The number of nitrogens with zero attached hydrogens (tertiary/aromatic N) is 2. The minimum atomic E-state index is -0.469. The number of carbonyl (C=O) groups excluding carboxylic acids is 3. The number of carbonyl (C=O) groups is 3. The Bertz CT molecular complexity index is 654. The van der Waals surface area contributed by atoms with Gasteiger partial charge in [0.05, 0.1) is 0 Å². The Balaban J connectivity index is 2.09. The number of Topliss-reactive ketones (excluding diaryl/α,β-unsaturated/α-hetero) is 1. The van der Waals surface area contributed by atoms with E-state index >= 15 is 0 Å². The Labute approximate surface area is 109 Å². The minimum Gasteiger partial charge on any atom is -0.454 e. The molecule has 3 rings (SSSR count). The molecule has 2 aliphatic rings. The number of aromatic nitrogens is 2. The van der Waals surface area contributed by atoms with Crippen LogP contribution in [0.15, 0.2) is 11.6 Å². The van der Waals surface area contributed by atoms with Crippen LogP contribution in [0, 0.1) is 0 Å². The predicted octanol–water partition coefficient (Wildman–Crippen LogP) is 1.22. The van der Waals surface area contributed by atoms with Gasteiger partial charge in [0.25, 0.3) is 0 Å². The average Bonchev–Trinajstić information content (AvgIpc) is 2.86. The lowest BCUT2D eigenvalue weighted by molar-refractivity contribution is -0.146. The molecule has 1 atom stereocenters. The second-order valence-corrected chi connectivity index (χ2v) is 4.73. The molecule has 0 saturated carbocycles. The average molecular weight is 260 g/mol. The first-order valence-corrected chi connectivity index (χ1v) is 6.04. The fourth-order valence-corrected chi connectivity index (χ4v) is 2.56. The third kappa shape index (κ3) is 1.63. The number of allylic oxidation sites excluding steroid dienone is 2. The summed E-state index contributed by atoms with van der Waals surface area (Å²) in [6, 6.07) is 0. The quantitative estimate of drug-likeness (QED) is 0.709. The van der Waals surface area contributed by atoms with Gasteiger partial charge in [-0.1, -0.05) is 0 Å². The van der Waals surface area contributed by atoms with Gasteiger partial charge in [-0.25, -0.2) is 4.98 Å². The Morgan fingerprint density at radius 1 is 1.47 bits per heavy atom. The summed E-state index contributed by atoms with van der Waals surface area (Å²) in [7, 11) is 0. The molecule has 0 bridgehead atoms. The minimum absolute atomic E-state index is 0.178. The largest absolute Gasteiger partial charge is 0.454 e. The van der Waals surface area contributed by atoms with Crippen LogP contribution in [-0.2, 0) is 16.1 Å². The topological polar surface area (TPSA) is 78.3 Å². The molecular formula is C13H12N2O4. The van der Waals surface area contributed by atoms with Crippen LogP contribution >= 0.6 is 0 Å². The smallest absolute Gasteiger partial charge is 0.303 e. The number of imidazole rings is 1. The van der Waals surface area contributed by atoms with Crippen molar-refractivity contribution in [2.45, 2.75) is 32.9 Å². The van der Waals surface area contributed by atoms with Crippen molar-refractivity contribution in [3.63, 3.8) is 0 Å². The molecule has 6 nitrogen and oxygen atoms in total. The van der Waals surface area contributed by atoms with Gasteiger partial charge in [0.1, 0.15) is 11.4 Å². The fraction of sp³-hybridized carbons (Fsp3) is 0.385. The van der Waals surface area contributed by atoms with E-state index in [0.29, 0.717) is 30.1 Å². The van der Waals surface area contributed by atoms with Crippen molar-refractivity contribution < 1.29 is 19.1 Å². The van der Waals surface area contributed by atoms with Crippen molar-refractivity contribution in [2.24, 2.45) is 0 Å². The molecule has 1 unspecified atom stereocenters. The van der Waals surface area contributed by atoms with Gasteiger partial charge in [0.2, 0.25) is 11.6 Å². The van der Waals surface area contributed by atoms with Crippen LogP contribution in [0.25, 0.3) is 0 Å². The van der Waals surface area contributed by atoms with E-state index in [1.54, 1.807) is 11.5 Å². The van der Waals surface area contributed by atoms with Crippen LogP contribution in [0.3, 0.4) is 0 Å². The summed E-state index contributed by atoms with van der Waals surface area (Å²) >= 11 is 0. The van der Waals surface area contributed by atoms with Crippen molar-refractivity contribution in [1.29, 1.82) is 0 Å². The molecular weight excluding hydrogens is 248 g/mol. The molecule has 0 amide bonds. The molecule has 2 heterocycles. The van der Waals surface area contributed by atoms with Gasteiger partial charge >= 0.3 is 5.97 Å². The maximum Gasteiger partial charge on any atom is 0.303 e. The highest BCUT2D eigenvalue weighted by Crippen LogP contribution is 2.33. The lowest BCUT2D eigenvalue weighted by atomic mass is 9.99. The van der Waals surface area contributed by atoms with Crippen molar-refractivity contribution in [3.8, 4) is 0 Å². The highest BCUT2D eigenvalue weighted by atomic mass is 16.5. The zero-order valence-corrected chi connectivity index (χ0v) is 10.6. The van der Waals surface area contributed by atoms with Crippen molar-refractivity contribution in [2.75, 3.05) is 0 Å². The third-order valence-corrected chi connectivity index (χ3v) is 3.36. The molecule has 0 radical (unpaired) electrons. The third-order valence-electron chi connectivity index (χ3n) is 3.36. The summed E-state index contributed by atoms with van der Waals surface area (Å²) in [5.41, 5.74) is 0.885. The maximum absolute atomic E-state index is 12.0. The molecule has 0 N–H and O–H groups in total. The highest BCUT2D eigenvalue weighted by molar-refractivity contribution is 6.22. The van der Waals surface area contributed by atoms with Crippen molar-refractivity contribution in [1.82, 2.24) is 9.55 Å². The number of fused-ring (bicyclic) bond motifs is 3. The number of esters is 1. The first-order chi connectivity index (χ1) is 8.99. The Morgan fingerprint density at radius 2 is 2.21 bits per heavy atom. The molecule has 1 aromatic rings. The van der Waals surface area contributed by atoms with Gasteiger partial charge in [-0.2, -0.15) is 0 Å². The lowest BCUT2D eigenvalue weighted by Crippen LogP contribution is -2.18. The standard InChI is InChI=1S/C13H12N2O4/c1-6-5-8(17)11-10(12(6)18)14-13-9(19-7(2)16)3-4-15(11)13/h5,9H,3-4H2,1-2H3. The first-order valence-electron chi connectivity index (χ1n) is 6.04. The van der Waals surface area contributed by atoms with Gasteiger partial charge < -0.3 is 9.30 Å². The van der Waals surface area contributed by atoms with Crippen molar-refractivity contribution >= 4 is 17.5 Å². The van der Waals surface area contributed by atoms with Gasteiger partial charge in [-0.3, -0.25) is 14.4 Å². The van der Waals surface area contributed by atoms with Gasteiger partial charge in [-0.05, 0) is 13.0 Å². The molecule has 98 valence electrons. The van der Waals surface area contributed by atoms with Crippen LogP contribution in [0.4, 0.5) is 0 Å². The monoisotopic (exact) mass is 260 g/mol. The van der Waals surface area contributed by atoms with Crippen molar-refractivity contribution in [3.05, 3.63) is 28.9 Å². The van der Waals surface area contributed by atoms with Gasteiger partial charge in [0.15, 0.2) is 11.9 Å². The molecule has 6 heteroatoms. The van der Waals surface area contributed by atoms with E-state index in [2.05, 4.69) is 4.98 Å².